The second-order valence-corrected chi connectivity index (χ2v) is 14.5. The van der Waals surface area contributed by atoms with Gasteiger partial charge in [0.25, 0.3) is 0 Å². The van der Waals surface area contributed by atoms with Crippen LogP contribution in [0.15, 0.2) is 212 Å². The Kier molecular flexibility index (Phi) is 8.43. The van der Waals surface area contributed by atoms with Crippen LogP contribution in [0, 0.1) is 11.3 Å². The summed E-state index contributed by atoms with van der Waals surface area (Å²) < 4.78 is 0. The third-order valence-electron chi connectivity index (χ3n) is 11.2. The van der Waals surface area contributed by atoms with Crippen molar-refractivity contribution < 1.29 is 0 Å². The van der Waals surface area contributed by atoms with Gasteiger partial charge < -0.3 is 0 Å². The average Bonchev–Trinajstić information content (AvgIpc) is 3.61. The summed E-state index contributed by atoms with van der Waals surface area (Å²) in [5.41, 5.74) is 16.7. The smallest absolute Gasteiger partial charge is 0.160 e. The molecule has 1 aliphatic rings. The minimum Gasteiger partial charge on any atom is -0.228 e. The third kappa shape index (κ3) is 5.92. The van der Waals surface area contributed by atoms with E-state index in [1.807, 2.05) is 36.4 Å². The summed E-state index contributed by atoms with van der Waals surface area (Å²) in [7, 11) is 0. The zero-order chi connectivity index (χ0) is 38.2. The van der Waals surface area contributed by atoms with Crippen LogP contribution >= 0.6 is 0 Å². The van der Waals surface area contributed by atoms with Crippen molar-refractivity contribution in [2.24, 2.45) is 0 Å². The molecule has 266 valence electrons. The number of hydrogen-bond donors (Lipinski definition) is 0. The predicted octanol–water partition coefficient (Wildman–Crippen LogP) is 13.0. The van der Waals surface area contributed by atoms with Crippen LogP contribution in [0.2, 0.25) is 0 Å². The van der Waals surface area contributed by atoms with Gasteiger partial charge in [-0.15, -0.1) is 0 Å². The van der Waals surface area contributed by atoms with E-state index in [1.54, 1.807) is 0 Å². The Bertz CT molecular complexity index is 2840. The van der Waals surface area contributed by atoms with Gasteiger partial charge >= 0.3 is 0 Å². The van der Waals surface area contributed by atoms with Crippen molar-refractivity contribution in [1.29, 1.82) is 5.26 Å². The number of benzene rings is 8. The van der Waals surface area contributed by atoms with Crippen molar-refractivity contribution in [1.82, 2.24) is 9.97 Å². The molecule has 0 saturated carbocycles. The Labute approximate surface area is 332 Å². The molecule has 3 nitrogen and oxygen atoms in total. The maximum Gasteiger partial charge on any atom is 0.160 e. The Hall–Kier alpha value is -7.67. The third-order valence-corrected chi connectivity index (χ3v) is 11.2. The highest BCUT2D eigenvalue weighted by molar-refractivity contribution is 5.87. The molecule has 0 saturated heterocycles. The lowest BCUT2D eigenvalue weighted by atomic mass is 9.67. The molecule has 1 aromatic heterocycles. The summed E-state index contributed by atoms with van der Waals surface area (Å²) >= 11 is 0. The monoisotopic (exact) mass is 725 g/mol. The molecule has 9 aromatic rings. The van der Waals surface area contributed by atoms with Crippen molar-refractivity contribution in [3.05, 3.63) is 240 Å². The van der Waals surface area contributed by atoms with Crippen molar-refractivity contribution in [2.75, 3.05) is 0 Å². The van der Waals surface area contributed by atoms with E-state index in [9.17, 15) is 5.26 Å². The van der Waals surface area contributed by atoms with Crippen LogP contribution in [0.1, 0.15) is 27.8 Å². The molecule has 0 bridgehead atoms. The van der Waals surface area contributed by atoms with Gasteiger partial charge in [0, 0.05) is 16.7 Å². The zero-order valence-electron chi connectivity index (χ0n) is 31.0. The molecule has 0 aliphatic heterocycles. The molecule has 1 heterocycles. The predicted molar refractivity (Wildman–Crippen MR) is 231 cm³/mol. The average molecular weight is 726 g/mol. The first-order chi connectivity index (χ1) is 28.2. The Balaban J connectivity index is 1.15. The highest BCUT2D eigenvalue weighted by Crippen LogP contribution is 2.56. The largest absolute Gasteiger partial charge is 0.228 e. The van der Waals surface area contributed by atoms with E-state index in [4.69, 9.17) is 9.97 Å². The van der Waals surface area contributed by atoms with Gasteiger partial charge in [-0.1, -0.05) is 182 Å². The number of rotatable bonds is 7. The van der Waals surface area contributed by atoms with Gasteiger partial charge in [-0.25, -0.2) is 9.97 Å². The highest BCUT2D eigenvalue weighted by atomic mass is 14.9. The summed E-state index contributed by atoms with van der Waals surface area (Å²) in [6, 6.07) is 77.0. The van der Waals surface area contributed by atoms with Crippen molar-refractivity contribution in [3.8, 4) is 73.4 Å². The first kappa shape index (κ1) is 33.9. The SMILES string of the molecule is N#Cc1ccc(-c2ccc(-c3cccc(C4(c5cccc(-c6nc(-c7ccccc7)cc(-c7ccccc7)n6)c5)c5ccccc5-c5ccccc54)c3)cc2)cc1. The van der Waals surface area contributed by atoms with Gasteiger partial charge in [0.2, 0.25) is 0 Å². The van der Waals surface area contributed by atoms with Gasteiger partial charge in [0.1, 0.15) is 0 Å². The second-order valence-electron chi connectivity index (χ2n) is 14.5. The lowest BCUT2D eigenvalue weighted by Gasteiger charge is -2.34. The number of hydrogen-bond acceptors (Lipinski definition) is 3. The quantitative estimate of drug-likeness (QED) is 0.164. The molecule has 0 fully saturated rings. The van der Waals surface area contributed by atoms with Crippen LogP contribution in [0.3, 0.4) is 0 Å². The molecule has 0 radical (unpaired) electrons. The van der Waals surface area contributed by atoms with Crippen LogP contribution < -0.4 is 0 Å². The minimum absolute atomic E-state index is 0.610. The van der Waals surface area contributed by atoms with Gasteiger partial charge in [-0.05, 0) is 86.0 Å². The molecule has 10 rings (SSSR count). The molecule has 3 heteroatoms. The van der Waals surface area contributed by atoms with Crippen LogP contribution in [-0.4, -0.2) is 9.97 Å². The first-order valence-electron chi connectivity index (χ1n) is 19.2. The molecular weight excluding hydrogens is 691 g/mol. The van der Waals surface area contributed by atoms with Crippen LogP contribution in [0.25, 0.3) is 67.3 Å². The fraction of sp³-hybridized carbons (Fsp3) is 0.0185. The van der Waals surface area contributed by atoms with Crippen molar-refractivity contribution in [2.45, 2.75) is 5.41 Å². The second kappa shape index (κ2) is 14.2. The normalized spacial score (nSPS) is 12.3. The number of nitriles is 1. The number of aromatic nitrogens is 2. The minimum atomic E-state index is -0.610. The first-order valence-corrected chi connectivity index (χ1v) is 19.2. The van der Waals surface area contributed by atoms with Gasteiger partial charge in [-0.2, -0.15) is 5.26 Å². The standard InChI is InChI=1S/C54H35N3/c55-36-37-25-27-38(28-26-37)39-29-31-40(32-30-39)43-17-11-19-45(33-43)54(49-23-9-7-21-47(49)48-22-8-10-24-50(48)54)46-20-12-18-44(34-46)53-56-51(41-13-3-1-4-14-41)35-52(57-53)42-15-5-2-6-16-42/h1-35H. The fourth-order valence-corrected chi connectivity index (χ4v) is 8.53. The maximum atomic E-state index is 9.27. The van der Waals surface area contributed by atoms with E-state index in [-0.39, 0.29) is 0 Å². The van der Waals surface area contributed by atoms with E-state index in [0.717, 1.165) is 55.9 Å². The van der Waals surface area contributed by atoms with E-state index < -0.39 is 5.41 Å². The molecule has 57 heavy (non-hydrogen) atoms. The lowest BCUT2D eigenvalue weighted by Crippen LogP contribution is -2.28. The molecule has 0 amide bonds. The van der Waals surface area contributed by atoms with Gasteiger partial charge in [0.05, 0.1) is 28.4 Å². The molecule has 0 unspecified atom stereocenters. The molecule has 0 N–H and O–H groups in total. The zero-order valence-corrected chi connectivity index (χ0v) is 31.0. The summed E-state index contributed by atoms with van der Waals surface area (Å²) in [5.74, 6) is 0.683. The van der Waals surface area contributed by atoms with Gasteiger partial charge in [0.15, 0.2) is 5.82 Å². The van der Waals surface area contributed by atoms with Crippen LogP contribution in [0.4, 0.5) is 0 Å². The summed E-state index contributed by atoms with van der Waals surface area (Å²) in [4.78, 5) is 10.4. The molecule has 0 spiro atoms. The molecule has 1 aliphatic carbocycles. The maximum absolute atomic E-state index is 9.27. The summed E-state index contributed by atoms with van der Waals surface area (Å²) in [5, 5.41) is 9.27. The number of nitrogens with zero attached hydrogens (tertiary/aromatic N) is 3. The Morgan fingerprint density at radius 1 is 0.351 bits per heavy atom. The van der Waals surface area contributed by atoms with Crippen molar-refractivity contribution in [3.63, 3.8) is 0 Å². The van der Waals surface area contributed by atoms with E-state index >= 15 is 0 Å². The van der Waals surface area contributed by atoms with E-state index in [2.05, 4.69) is 182 Å². The van der Waals surface area contributed by atoms with Crippen LogP contribution in [0.5, 0.6) is 0 Å². The Morgan fingerprint density at radius 3 is 1.30 bits per heavy atom. The topological polar surface area (TPSA) is 49.6 Å². The van der Waals surface area contributed by atoms with E-state index in [1.165, 1.54) is 27.8 Å². The molecule has 0 atom stereocenters. The molecular formula is C54H35N3. The van der Waals surface area contributed by atoms with Gasteiger partial charge in [-0.3, -0.25) is 0 Å². The summed E-state index contributed by atoms with van der Waals surface area (Å²) in [6.07, 6.45) is 0. The fourth-order valence-electron chi connectivity index (χ4n) is 8.53. The van der Waals surface area contributed by atoms with E-state index in [0.29, 0.717) is 11.4 Å². The highest BCUT2D eigenvalue weighted by Gasteiger charge is 2.46. The Morgan fingerprint density at radius 2 is 0.772 bits per heavy atom. The van der Waals surface area contributed by atoms with Crippen molar-refractivity contribution >= 4 is 0 Å². The summed E-state index contributed by atoms with van der Waals surface area (Å²) in [6.45, 7) is 0. The van der Waals surface area contributed by atoms with Crippen LogP contribution in [-0.2, 0) is 5.41 Å². The number of fused-ring (bicyclic) bond motifs is 3. The molecule has 8 aromatic carbocycles. The lowest BCUT2D eigenvalue weighted by molar-refractivity contribution is 0.769.